The van der Waals surface area contributed by atoms with E-state index in [1.807, 2.05) is 0 Å². The van der Waals surface area contributed by atoms with Crippen LogP contribution in [0.25, 0.3) is 0 Å². The maximum absolute atomic E-state index is 13.0. The van der Waals surface area contributed by atoms with Gasteiger partial charge in [-0.25, -0.2) is 4.39 Å². The second-order valence-electron chi connectivity index (χ2n) is 5.66. The quantitative estimate of drug-likeness (QED) is 0.620. The van der Waals surface area contributed by atoms with Gasteiger partial charge in [0.1, 0.15) is 11.9 Å². The van der Waals surface area contributed by atoms with Crippen LogP contribution in [-0.4, -0.2) is 23.4 Å². The van der Waals surface area contributed by atoms with Gasteiger partial charge in [-0.1, -0.05) is 12.1 Å². The molecule has 0 bridgehead atoms. The lowest BCUT2D eigenvalue weighted by atomic mass is 9.77. The van der Waals surface area contributed by atoms with Crippen LogP contribution in [0.15, 0.2) is 24.3 Å². The summed E-state index contributed by atoms with van der Waals surface area (Å²) >= 11 is 0. The molecule has 0 heterocycles. The summed E-state index contributed by atoms with van der Waals surface area (Å²) in [5.41, 5.74) is -0.683. The third kappa shape index (κ3) is 4.41. The summed E-state index contributed by atoms with van der Waals surface area (Å²) in [6.07, 6.45) is -1.02. The van der Waals surface area contributed by atoms with Crippen molar-refractivity contribution in [1.82, 2.24) is 5.32 Å². The fourth-order valence-electron chi connectivity index (χ4n) is 2.58. The molecule has 1 saturated carbocycles. The molecule has 0 radical (unpaired) electrons. The highest BCUT2D eigenvalue weighted by molar-refractivity contribution is 5.21. The fraction of sp³-hybridized carbons (Fsp3) is 0.600. The Morgan fingerprint density at radius 2 is 1.81 bits per heavy atom. The zero-order valence-corrected chi connectivity index (χ0v) is 11.6. The Bertz CT molecular complexity index is 454. The van der Waals surface area contributed by atoms with Gasteiger partial charge in [0.05, 0.1) is 5.60 Å². The highest BCUT2D eigenvalue weighted by Gasteiger charge is 2.40. The van der Waals surface area contributed by atoms with E-state index in [0.717, 1.165) is 43.5 Å². The zero-order chi connectivity index (χ0) is 15.5. The maximum atomic E-state index is 13.0. The van der Waals surface area contributed by atoms with E-state index in [1.165, 1.54) is 0 Å². The monoisotopic (exact) mass is 305 g/mol. The largest absolute Gasteiger partial charge is 0.407 e. The van der Waals surface area contributed by atoms with Gasteiger partial charge in [0.25, 0.3) is 0 Å². The van der Waals surface area contributed by atoms with Gasteiger partial charge in [-0.3, -0.25) is 0 Å². The van der Waals surface area contributed by atoms with Crippen molar-refractivity contribution in [2.75, 3.05) is 6.54 Å². The summed E-state index contributed by atoms with van der Waals surface area (Å²) in [6, 6.07) is 2.51. The Labute approximate surface area is 121 Å². The van der Waals surface area contributed by atoms with E-state index in [2.05, 4.69) is 5.32 Å². The summed E-state index contributed by atoms with van der Waals surface area (Å²) in [5, 5.41) is 12.3. The average molecular weight is 305 g/mol. The van der Waals surface area contributed by atoms with Crippen molar-refractivity contribution < 1.29 is 22.7 Å². The van der Waals surface area contributed by atoms with Gasteiger partial charge in [0, 0.05) is 0 Å². The third-order valence-corrected chi connectivity index (χ3v) is 3.98. The Kier molecular flexibility index (Phi) is 4.88. The number of alkyl halides is 3. The molecule has 0 saturated heterocycles. The summed E-state index contributed by atoms with van der Waals surface area (Å²) in [6.45, 7) is 0.157. The fourth-order valence-corrected chi connectivity index (χ4v) is 2.58. The van der Waals surface area contributed by atoms with Crippen LogP contribution in [0.3, 0.4) is 0 Å². The van der Waals surface area contributed by atoms with Gasteiger partial charge in [-0.15, -0.1) is 0 Å². The standard InChI is InChI=1S/C15H19F4NO/c16-12-5-3-11(4-6-12)13(15(17,18)19)20-10-2-9-14(21)7-1-8-14/h3-6,13,20-21H,1-2,7-10H2. The van der Waals surface area contributed by atoms with Gasteiger partial charge >= 0.3 is 6.18 Å². The molecule has 2 nitrogen and oxygen atoms in total. The van der Waals surface area contributed by atoms with Crippen LogP contribution >= 0.6 is 0 Å². The third-order valence-electron chi connectivity index (χ3n) is 3.98. The minimum Gasteiger partial charge on any atom is -0.390 e. The molecule has 6 heteroatoms. The summed E-state index contributed by atoms with van der Waals surface area (Å²) in [4.78, 5) is 0. The topological polar surface area (TPSA) is 32.3 Å². The maximum Gasteiger partial charge on any atom is 0.407 e. The van der Waals surface area contributed by atoms with Crippen molar-refractivity contribution in [2.45, 2.75) is 49.9 Å². The van der Waals surface area contributed by atoms with Crippen molar-refractivity contribution in [1.29, 1.82) is 0 Å². The van der Waals surface area contributed by atoms with E-state index in [9.17, 15) is 22.7 Å². The minimum atomic E-state index is -4.44. The first-order chi connectivity index (χ1) is 9.80. The van der Waals surface area contributed by atoms with Crippen LogP contribution in [0, 0.1) is 5.82 Å². The molecule has 0 aromatic heterocycles. The van der Waals surface area contributed by atoms with Gasteiger partial charge in [-0.05, 0) is 56.3 Å². The van der Waals surface area contributed by atoms with Crippen LogP contribution < -0.4 is 5.32 Å². The van der Waals surface area contributed by atoms with Crippen LogP contribution in [0.2, 0.25) is 0 Å². The predicted octanol–water partition coefficient (Wildman–Crippen LogP) is 3.71. The first-order valence-electron chi connectivity index (χ1n) is 7.08. The molecule has 0 spiro atoms. The summed E-state index contributed by atoms with van der Waals surface area (Å²) < 4.78 is 51.9. The van der Waals surface area contributed by atoms with Crippen LogP contribution in [0.5, 0.6) is 0 Å². The number of halogens is 4. The van der Waals surface area contributed by atoms with Crippen LogP contribution in [-0.2, 0) is 0 Å². The molecule has 21 heavy (non-hydrogen) atoms. The lowest BCUT2D eigenvalue weighted by molar-refractivity contribution is -0.157. The van der Waals surface area contributed by atoms with E-state index in [0.29, 0.717) is 12.8 Å². The molecule has 1 unspecified atom stereocenters. The summed E-state index contributed by atoms with van der Waals surface area (Å²) in [5.74, 6) is -0.563. The second kappa shape index (κ2) is 6.32. The number of hydrogen-bond donors (Lipinski definition) is 2. The molecule has 0 amide bonds. The van der Waals surface area contributed by atoms with E-state index < -0.39 is 23.6 Å². The molecule has 1 aliphatic carbocycles. The number of nitrogens with one attached hydrogen (secondary N) is 1. The molecule has 118 valence electrons. The molecule has 1 aliphatic rings. The molecule has 2 rings (SSSR count). The highest BCUT2D eigenvalue weighted by atomic mass is 19.4. The molecule has 1 aromatic rings. The lowest BCUT2D eigenvalue weighted by Crippen LogP contribution is -2.39. The van der Waals surface area contributed by atoms with Gasteiger partial charge in [-0.2, -0.15) is 13.2 Å². The van der Waals surface area contributed by atoms with E-state index in [4.69, 9.17) is 0 Å². The highest BCUT2D eigenvalue weighted by Crippen LogP contribution is 2.36. The molecular weight excluding hydrogens is 286 g/mol. The average Bonchev–Trinajstić information content (AvgIpc) is 2.37. The van der Waals surface area contributed by atoms with Crippen molar-refractivity contribution in [2.24, 2.45) is 0 Å². The van der Waals surface area contributed by atoms with Crippen molar-refractivity contribution >= 4 is 0 Å². The molecule has 1 fully saturated rings. The predicted molar refractivity (Wildman–Crippen MR) is 71.2 cm³/mol. The first kappa shape index (κ1) is 16.2. The smallest absolute Gasteiger partial charge is 0.390 e. The number of benzene rings is 1. The molecule has 0 aliphatic heterocycles. The van der Waals surface area contributed by atoms with E-state index in [-0.39, 0.29) is 12.1 Å². The Hall–Kier alpha value is -1.14. The van der Waals surface area contributed by atoms with Gasteiger partial charge < -0.3 is 10.4 Å². The Morgan fingerprint density at radius 3 is 2.29 bits per heavy atom. The van der Waals surface area contributed by atoms with E-state index in [1.54, 1.807) is 0 Å². The number of hydrogen-bond acceptors (Lipinski definition) is 2. The van der Waals surface area contributed by atoms with Crippen LogP contribution in [0.4, 0.5) is 17.6 Å². The number of aliphatic hydroxyl groups is 1. The van der Waals surface area contributed by atoms with Crippen LogP contribution in [0.1, 0.15) is 43.7 Å². The lowest BCUT2D eigenvalue weighted by Gasteiger charge is -2.36. The van der Waals surface area contributed by atoms with Gasteiger partial charge in [0.15, 0.2) is 0 Å². The van der Waals surface area contributed by atoms with Crippen molar-refractivity contribution in [3.63, 3.8) is 0 Å². The summed E-state index contributed by atoms with van der Waals surface area (Å²) in [7, 11) is 0. The first-order valence-corrected chi connectivity index (χ1v) is 7.08. The number of rotatable bonds is 6. The molecule has 1 aromatic carbocycles. The Balaban J connectivity index is 1.89. The Morgan fingerprint density at radius 1 is 1.19 bits per heavy atom. The molecule has 1 atom stereocenters. The van der Waals surface area contributed by atoms with Crippen molar-refractivity contribution in [3.05, 3.63) is 35.6 Å². The van der Waals surface area contributed by atoms with Gasteiger partial charge in [0.2, 0.25) is 0 Å². The molecule has 2 N–H and O–H groups in total. The minimum absolute atomic E-state index is 0.00810. The zero-order valence-electron chi connectivity index (χ0n) is 11.6. The molecular formula is C15H19F4NO. The SMILES string of the molecule is OC1(CCCNC(c2ccc(F)cc2)C(F)(F)F)CCC1. The van der Waals surface area contributed by atoms with E-state index >= 15 is 0 Å². The second-order valence-corrected chi connectivity index (χ2v) is 5.66. The van der Waals surface area contributed by atoms with Crippen molar-refractivity contribution in [3.8, 4) is 0 Å². The normalized spacial score (nSPS) is 19.1.